The Morgan fingerprint density at radius 2 is 2.50 bits per heavy atom. The van der Waals surface area contributed by atoms with Gasteiger partial charge in [-0.05, 0) is 12.7 Å². The molecule has 2 nitrogen and oxygen atoms in total. The molecule has 0 aromatic rings. The summed E-state index contributed by atoms with van der Waals surface area (Å²) in [6, 6.07) is 0.753. The van der Waals surface area contributed by atoms with Crippen molar-refractivity contribution in [2.24, 2.45) is 0 Å². The van der Waals surface area contributed by atoms with E-state index in [-0.39, 0.29) is 0 Å². The van der Waals surface area contributed by atoms with Gasteiger partial charge >= 0.3 is 0 Å². The van der Waals surface area contributed by atoms with E-state index in [1.807, 2.05) is 11.9 Å². The molecule has 3 heteroatoms. The number of nitrogens with one attached hydrogen (secondary N) is 1. The Kier molecular flexibility index (Phi) is 3.52. The van der Waals surface area contributed by atoms with Crippen molar-refractivity contribution in [1.82, 2.24) is 9.62 Å². The highest BCUT2D eigenvalue weighted by Crippen LogP contribution is 2.14. The van der Waals surface area contributed by atoms with E-state index in [1.54, 1.807) is 0 Å². The molecule has 1 N–H and O–H groups in total. The molecule has 0 bridgehead atoms. The predicted molar refractivity (Wildman–Crippen MR) is 47.2 cm³/mol. The van der Waals surface area contributed by atoms with Crippen LogP contribution in [0.5, 0.6) is 0 Å². The van der Waals surface area contributed by atoms with Crippen LogP contribution in [0.1, 0.15) is 13.3 Å². The summed E-state index contributed by atoms with van der Waals surface area (Å²) in [6.45, 7) is 5.76. The molecule has 1 aliphatic rings. The molecule has 0 aliphatic carbocycles. The van der Waals surface area contributed by atoms with Crippen molar-refractivity contribution in [3.8, 4) is 0 Å². The third-order valence-electron chi connectivity index (χ3n) is 2.00. The van der Waals surface area contributed by atoms with Crippen molar-refractivity contribution >= 4 is 11.9 Å². The summed E-state index contributed by atoms with van der Waals surface area (Å²) in [7, 11) is 0. The maximum Gasteiger partial charge on any atom is 0.0325 e. The summed E-state index contributed by atoms with van der Waals surface area (Å²) in [5.74, 6) is 0. The Labute approximate surface area is 67.5 Å². The largest absolute Gasteiger partial charge is 0.314 e. The van der Waals surface area contributed by atoms with E-state index in [0.29, 0.717) is 0 Å². The first-order valence-corrected chi connectivity index (χ1v) is 5.08. The summed E-state index contributed by atoms with van der Waals surface area (Å²) in [5, 5.41) is 3.40. The molecule has 1 heterocycles. The summed E-state index contributed by atoms with van der Waals surface area (Å²) in [6.07, 6.45) is 3.42. The number of piperazine rings is 1. The predicted octanol–water partition coefficient (Wildman–Crippen LogP) is 0.948. The van der Waals surface area contributed by atoms with Gasteiger partial charge in [0, 0.05) is 25.7 Å². The molecule has 1 aliphatic heterocycles. The number of rotatable bonds is 2. The normalized spacial score (nSPS) is 28.8. The second-order valence-corrected chi connectivity index (χ2v) is 3.42. The van der Waals surface area contributed by atoms with Crippen LogP contribution in [0.3, 0.4) is 0 Å². The van der Waals surface area contributed by atoms with Crippen molar-refractivity contribution in [2.45, 2.75) is 19.4 Å². The summed E-state index contributed by atoms with van der Waals surface area (Å²) in [5.41, 5.74) is 0. The summed E-state index contributed by atoms with van der Waals surface area (Å²) < 4.78 is 2.47. The average molecular weight is 160 g/mol. The van der Waals surface area contributed by atoms with Crippen molar-refractivity contribution in [3.63, 3.8) is 0 Å². The molecule has 1 unspecified atom stereocenters. The average Bonchev–Trinajstić information content (AvgIpc) is 2.04. The Morgan fingerprint density at radius 3 is 3.00 bits per heavy atom. The van der Waals surface area contributed by atoms with Crippen LogP contribution >= 0.6 is 11.9 Å². The molecular formula is C7H16N2S. The highest BCUT2D eigenvalue weighted by molar-refractivity contribution is 7.96. The molecule has 0 spiro atoms. The zero-order valence-electron chi connectivity index (χ0n) is 6.76. The molecule has 0 amide bonds. The van der Waals surface area contributed by atoms with Gasteiger partial charge in [0.2, 0.25) is 0 Å². The lowest BCUT2D eigenvalue weighted by molar-refractivity contribution is 0.285. The Bertz CT molecular complexity index is 85.6. The Balaban J connectivity index is 2.34. The van der Waals surface area contributed by atoms with Gasteiger partial charge in [0.25, 0.3) is 0 Å². The fraction of sp³-hybridized carbons (Fsp3) is 1.00. The molecular weight excluding hydrogens is 144 g/mol. The standard InChI is InChI=1S/C7H16N2S/c1-3-7-6-8-4-5-9(7)10-2/h7-8H,3-6H2,1-2H3. The Morgan fingerprint density at radius 1 is 1.70 bits per heavy atom. The van der Waals surface area contributed by atoms with Gasteiger partial charge in [0.1, 0.15) is 0 Å². The van der Waals surface area contributed by atoms with E-state index in [1.165, 1.54) is 13.0 Å². The van der Waals surface area contributed by atoms with E-state index in [0.717, 1.165) is 19.1 Å². The van der Waals surface area contributed by atoms with E-state index in [9.17, 15) is 0 Å². The molecule has 0 aromatic heterocycles. The Hall–Kier alpha value is 0.270. The van der Waals surface area contributed by atoms with Gasteiger partial charge in [0.15, 0.2) is 0 Å². The van der Waals surface area contributed by atoms with Gasteiger partial charge < -0.3 is 5.32 Å². The zero-order chi connectivity index (χ0) is 7.40. The van der Waals surface area contributed by atoms with Crippen molar-refractivity contribution in [1.29, 1.82) is 0 Å². The van der Waals surface area contributed by atoms with Crippen LogP contribution in [0.4, 0.5) is 0 Å². The quantitative estimate of drug-likeness (QED) is 0.605. The van der Waals surface area contributed by atoms with Crippen molar-refractivity contribution < 1.29 is 0 Å². The summed E-state index contributed by atoms with van der Waals surface area (Å²) in [4.78, 5) is 0. The van der Waals surface area contributed by atoms with Crippen LogP contribution in [0.25, 0.3) is 0 Å². The third-order valence-corrected chi connectivity index (χ3v) is 2.95. The highest BCUT2D eigenvalue weighted by Gasteiger charge is 2.18. The van der Waals surface area contributed by atoms with Gasteiger partial charge in [-0.2, -0.15) is 0 Å². The van der Waals surface area contributed by atoms with Crippen LogP contribution < -0.4 is 5.32 Å². The lowest BCUT2D eigenvalue weighted by Gasteiger charge is -2.33. The minimum atomic E-state index is 0.753. The molecule has 1 rings (SSSR count). The molecule has 1 atom stereocenters. The molecule has 1 saturated heterocycles. The van der Waals surface area contributed by atoms with Crippen LogP contribution in [0, 0.1) is 0 Å². The van der Waals surface area contributed by atoms with Gasteiger partial charge in [0.05, 0.1) is 0 Å². The first-order chi connectivity index (χ1) is 4.88. The van der Waals surface area contributed by atoms with Crippen molar-refractivity contribution in [3.05, 3.63) is 0 Å². The highest BCUT2D eigenvalue weighted by atomic mass is 32.2. The fourth-order valence-electron chi connectivity index (χ4n) is 1.33. The molecule has 0 saturated carbocycles. The van der Waals surface area contributed by atoms with Gasteiger partial charge in [-0.1, -0.05) is 18.9 Å². The summed E-state index contributed by atoms with van der Waals surface area (Å²) >= 11 is 1.87. The van der Waals surface area contributed by atoms with Gasteiger partial charge in [-0.25, -0.2) is 4.31 Å². The van der Waals surface area contributed by atoms with Crippen molar-refractivity contribution in [2.75, 3.05) is 25.9 Å². The van der Waals surface area contributed by atoms with Crippen LogP contribution in [-0.2, 0) is 0 Å². The monoisotopic (exact) mass is 160 g/mol. The molecule has 10 heavy (non-hydrogen) atoms. The molecule has 1 fully saturated rings. The second-order valence-electron chi connectivity index (χ2n) is 2.59. The smallest absolute Gasteiger partial charge is 0.0325 e. The second kappa shape index (κ2) is 4.21. The van der Waals surface area contributed by atoms with E-state index < -0.39 is 0 Å². The number of nitrogens with zero attached hydrogens (tertiary/aromatic N) is 1. The van der Waals surface area contributed by atoms with Gasteiger partial charge in [-0.3, -0.25) is 0 Å². The fourth-order valence-corrected chi connectivity index (χ4v) is 2.13. The minimum Gasteiger partial charge on any atom is -0.314 e. The SMILES string of the molecule is CCC1CNCCN1SC. The first kappa shape index (κ1) is 8.37. The third kappa shape index (κ3) is 1.87. The van der Waals surface area contributed by atoms with Gasteiger partial charge in [-0.15, -0.1) is 0 Å². The lowest BCUT2D eigenvalue weighted by atomic mass is 10.2. The lowest BCUT2D eigenvalue weighted by Crippen LogP contribution is -2.47. The maximum absolute atomic E-state index is 3.40. The number of hydrogen-bond acceptors (Lipinski definition) is 3. The zero-order valence-corrected chi connectivity index (χ0v) is 7.58. The van der Waals surface area contributed by atoms with Crippen LogP contribution in [0.2, 0.25) is 0 Å². The topological polar surface area (TPSA) is 15.3 Å². The van der Waals surface area contributed by atoms with E-state index in [4.69, 9.17) is 0 Å². The van der Waals surface area contributed by atoms with E-state index >= 15 is 0 Å². The van der Waals surface area contributed by atoms with E-state index in [2.05, 4.69) is 22.8 Å². The van der Waals surface area contributed by atoms with Crippen LogP contribution in [0.15, 0.2) is 0 Å². The maximum atomic E-state index is 3.40. The molecule has 0 aromatic carbocycles. The number of hydrogen-bond donors (Lipinski definition) is 1. The minimum absolute atomic E-state index is 0.753. The molecule has 0 radical (unpaired) electrons. The first-order valence-electron chi connectivity index (χ1n) is 3.90. The molecule has 60 valence electrons. The van der Waals surface area contributed by atoms with Crippen LogP contribution in [-0.4, -0.2) is 36.2 Å².